The molecule has 0 radical (unpaired) electrons. The van der Waals surface area contributed by atoms with Gasteiger partial charge < -0.3 is 15.5 Å². The van der Waals surface area contributed by atoms with Gasteiger partial charge >= 0.3 is 0 Å². The Kier molecular flexibility index (Phi) is 6.72. The monoisotopic (exact) mass is 539 g/mol. The van der Waals surface area contributed by atoms with Gasteiger partial charge in [0.15, 0.2) is 12.0 Å². The Morgan fingerprint density at radius 1 is 1.08 bits per heavy atom. The molecule has 1 atom stereocenters. The van der Waals surface area contributed by atoms with Crippen molar-refractivity contribution in [3.8, 4) is 28.0 Å². The van der Waals surface area contributed by atoms with Crippen molar-refractivity contribution in [2.75, 3.05) is 5.32 Å². The maximum atomic E-state index is 14.3. The second kappa shape index (κ2) is 9.97. The van der Waals surface area contributed by atoms with E-state index in [0.29, 0.717) is 41.0 Å². The number of aldehydes is 1. The number of phenolic OH excluding ortho intramolecular Hbond substituents is 1. The van der Waals surface area contributed by atoms with E-state index < -0.39 is 29.1 Å². The van der Waals surface area contributed by atoms with Crippen LogP contribution < -0.4 is 5.32 Å². The van der Waals surface area contributed by atoms with Gasteiger partial charge in [-0.2, -0.15) is 5.10 Å². The fourth-order valence-electron chi connectivity index (χ4n) is 4.43. The number of nitrogens with zero attached hydrogens (tertiary/aromatic N) is 2. The minimum Gasteiger partial charge on any atom is -0.507 e. The van der Waals surface area contributed by atoms with Crippen molar-refractivity contribution in [2.45, 2.75) is 25.5 Å². The van der Waals surface area contributed by atoms with Crippen molar-refractivity contribution in [2.24, 2.45) is 0 Å². The number of anilines is 1. The standard InChI is InChI=1S/C27H20Cl2FN3O4/c28-25-15(14-10-19(30)18(13-34)24(36)11-14)4-1-5-16(25)17-6-2-7-20(26(17)29)31-27(37)21-12-22-23(35)8-3-9-33(22)32-21/h1-2,4-7,10-13,23,35-36H,3,8-9H2,(H,31,37). The average Bonchev–Trinajstić information content (AvgIpc) is 3.32. The normalized spacial score (nSPS) is 14.8. The molecule has 3 N–H and O–H groups in total. The second-order valence-corrected chi connectivity index (χ2v) is 9.39. The summed E-state index contributed by atoms with van der Waals surface area (Å²) in [6, 6.07) is 14.1. The number of aliphatic hydroxyl groups is 1. The lowest BCUT2D eigenvalue weighted by atomic mass is 9.97. The fraction of sp³-hybridized carbons (Fsp3) is 0.148. The number of aromatic hydroxyl groups is 1. The van der Waals surface area contributed by atoms with E-state index in [2.05, 4.69) is 10.4 Å². The highest BCUT2D eigenvalue weighted by molar-refractivity contribution is 6.39. The molecule has 0 aliphatic carbocycles. The van der Waals surface area contributed by atoms with Gasteiger partial charge in [-0.05, 0) is 42.7 Å². The first-order chi connectivity index (χ1) is 17.8. The summed E-state index contributed by atoms with van der Waals surface area (Å²) in [6.07, 6.45) is 0.980. The predicted octanol–water partition coefficient (Wildman–Crippen LogP) is 6.26. The number of phenols is 1. The largest absolute Gasteiger partial charge is 0.507 e. The van der Waals surface area contributed by atoms with Crippen molar-refractivity contribution in [3.63, 3.8) is 0 Å². The van der Waals surface area contributed by atoms with Crippen molar-refractivity contribution in [1.82, 2.24) is 9.78 Å². The number of nitrogens with one attached hydrogen (secondary N) is 1. The van der Waals surface area contributed by atoms with Gasteiger partial charge in [0.2, 0.25) is 0 Å². The zero-order valence-electron chi connectivity index (χ0n) is 19.2. The molecule has 3 aromatic carbocycles. The van der Waals surface area contributed by atoms with Crippen LogP contribution in [0.4, 0.5) is 10.1 Å². The lowest BCUT2D eigenvalue weighted by Gasteiger charge is -2.18. The van der Waals surface area contributed by atoms with E-state index in [1.807, 2.05) is 0 Å². The third-order valence-corrected chi connectivity index (χ3v) is 7.12. The van der Waals surface area contributed by atoms with Gasteiger partial charge in [-0.1, -0.05) is 53.5 Å². The average molecular weight is 540 g/mol. The molecule has 1 amide bonds. The Labute approximate surface area is 221 Å². The first kappa shape index (κ1) is 25.0. The lowest BCUT2D eigenvalue weighted by Crippen LogP contribution is -2.16. The van der Waals surface area contributed by atoms with E-state index in [4.69, 9.17) is 23.2 Å². The van der Waals surface area contributed by atoms with E-state index in [-0.39, 0.29) is 27.6 Å². The van der Waals surface area contributed by atoms with Gasteiger partial charge in [-0.3, -0.25) is 14.3 Å². The third-order valence-electron chi connectivity index (χ3n) is 6.30. The van der Waals surface area contributed by atoms with Crippen LogP contribution in [0.25, 0.3) is 22.3 Å². The van der Waals surface area contributed by atoms with Crippen LogP contribution in [0.3, 0.4) is 0 Å². The zero-order valence-corrected chi connectivity index (χ0v) is 20.7. The van der Waals surface area contributed by atoms with Crippen molar-refractivity contribution in [1.29, 1.82) is 0 Å². The molecule has 7 nitrogen and oxygen atoms in total. The number of carbonyl (C=O) groups excluding carboxylic acids is 2. The molecule has 0 spiro atoms. The summed E-state index contributed by atoms with van der Waals surface area (Å²) in [7, 11) is 0. The molecule has 1 unspecified atom stereocenters. The molecule has 0 saturated heterocycles. The molecule has 37 heavy (non-hydrogen) atoms. The first-order valence-corrected chi connectivity index (χ1v) is 12.2. The Bertz CT molecular complexity index is 1530. The van der Waals surface area contributed by atoms with E-state index in [9.17, 15) is 24.2 Å². The summed E-state index contributed by atoms with van der Waals surface area (Å²) in [5.41, 5.74) is 2.38. The van der Waals surface area contributed by atoms with E-state index >= 15 is 0 Å². The number of hydrogen-bond acceptors (Lipinski definition) is 5. The molecular formula is C27H20Cl2FN3O4. The SMILES string of the molecule is O=Cc1c(O)cc(-c2cccc(-c3cccc(NC(=O)c4cc5n(n4)CCCC5O)c3Cl)c2Cl)cc1F. The van der Waals surface area contributed by atoms with Crippen LogP contribution in [0.1, 0.15) is 45.5 Å². The summed E-state index contributed by atoms with van der Waals surface area (Å²) in [4.78, 5) is 23.9. The number of hydrogen-bond donors (Lipinski definition) is 3. The zero-order chi connectivity index (χ0) is 26.3. The summed E-state index contributed by atoms with van der Waals surface area (Å²) < 4.78 is 15.9. The number of aliphatic hydroxyl groups excluding tert-OH is 1. The maximum absolute atomic E-state index is 14.3. The van der Waals surface area contributed by atoms with Crippen molar-refractivity contribution >= 4 is 41.1 Å². The minimum absolute atomic E-state index is 0.165. The van der Waals surface area contributed by atoms with E-state index in [1.54, 1.807) is 47.1 Å². The number of rotatable bonds is 5. The van der Waals surface area contributed by atoms with Crippen LogP contribution in [0.2, 0.25) is 10.0 Å². The highest BCUT2D eigenvalue weighted by Gasteiger charge is 2.24. The van der Waals surface area contributed by atoms with Gasteiger partial charge in [0.25, 0.3) is 5.91 Å². The topological polar surface area (TPSA) is 104 Å². The van der Waals surface area contributed by atoms with Crippen molar-refractivity contribution in [3.05, 3.63) is 87.4 Å². The maximum Gasteiger partial charge on any atom is 0.276 e. The third kappa shape index (κ3) is 4.59. The molecule has 1 aromatic heterocycles. The van der Waals surface area contributed by atoms with Crippen LogP contribution >= 0.6 is 23.2 Å². The number of carbonyl (C=O) groups is 2. The van der Waals surface area contributed by atoms with Gasteiger partial charge in [0.05, 0.1) is 33.1 Å². The Morgan fingerprint density at radius 2 is 1.78 bits per heavy atom. The van der Waals surface area contributed by atoms with Gasteiger partial charge in [-0.15, -0.1) is 0 Å². The molecule has 2 heterocycles. The highest BCUT2D eigenvalue weighted by atomic mass is 35.5. The van der Waals surface area contributed by atoms with Gasteiger partial charge in [0, 0.05) is 23.2 Å². The lowest BCUT2D eigenvalue weighted by molar-refractivity contribution is 0.102. The molecule has 0 fully saturated rings. The van der Waals surface area contributed by atoms with Crippen LogP contribution in [-0.4, -0.2) is 32.2 Å². The minimum atomic E-state index is -0.873. The summed E-state index contributed by atoms with van der Waals surface area (Å²) in [6.45, 7) is 0.629. The molecular weight excluding hydrogens is 520 g/mol. The second-order valence-electron chi connectivity index (χ2n) is 8.63. The highest BCUT2D eigenvalue weighted by Crippen LogP contribution is 2.42. The van der Waals surface area contributed by atoms with Crippen molar-refractivity contribution < 1.29 is 24.2 Å². The molecule has 4 aromatic rings. The van der Waals surface area contributed by atoms with Gasteiger partial charge in [0.1, 0.15) is 11.6 Å². The summed E-state index contributed by atoms with van der Waals surface area (Å²) >= 11 is 13.4. The quantitative estimate of drug-likeness (QED) is 0.259. The van der Waals surface area contributed by atoms with Crippen LogP contribution in [-0.2, 0) is 6.54 Å². The fourth-order valence-corrected chi connectivity index (χ4v) is 5.05. The molecule has 5 rings (SSSR count). The van der Waals surface area contributed by atoms with E-state index in [1.165, 1.54) is 6.07 Å². The molecule has 0 bridgehead atoms. The number of benzene rings is 3. The predicted molar refractivity (Wildman–Crippen MR) is 139 cm³/mol. The molecule has 1 aliphatic rings. The number of aryl methyl sites for hydroxylation is 1. The summed E-state index contributed by atoms with van der Waals surface area (Å²) in [5.74, 6) is -1.85. The van der Waals surface area contributed by atoms with E-state index in [0.717, 1.165) is 12.5 Å². The number of aromatic nitrogens is 2. The summed E-state index contributed by atoms with van der Waals surface area (Å²) in [5, 5.41) is 27.7. The number of halogens is 3. The molecule has 188 valence electrons. The smallest absolute Gasteiger partial charge is 0.276 e. The van der Waals surface area contributed by atoms with Gasteiger partial charge in [-0.25, -0.2) is 4.39 Å². The Morgan fingerprint density at radius 3 is 2.49 bits per heavy atom. The number of fused-ring (bicyclic) bond motifs is 1. The molecule has 0 saturated carbocycles. The first-order valence-electron chi connectivity index (χ1n) is 11.4. The number of amides is 1. The molecule has 1 aliphatic heterocycles. The van der Waals surface area contributed by atoms with Crippen LogP contribution in [0.5, 0.6) is 5.75 Å². The Hall–Kier alpha value is -3.72. The Balaban J connectivity index is 1.48. The van der Waals surface area contributed by atoms with Crippen LogP contribution in [0.15, 0.2) is 54.6 Å². The molecule has 10 heteroatoms. The van der Waals surface area contributed by atoms with Crippen LogP contribution in [0, 0.1) is 5.82 Å².